The second-order valence-electron chi connectivity index (χ2n) is 4.02. The number of aromatic nitrogens is 1. The number of ether oxygens (including phenoxy) is 1. The standard InChI is InChI=1S/C13H10N2O5/c1-8-2-4-10(13(16)17)11(6-8)20-12-5-3-9(7-14-12)15(18)19/h2-7H,1H3,(H,16,17). The molecule has 1 aromatic heterocycles. The van der Waals surface area contributed by atoms with Gasteiger partial charge in [-0.05, 0) is 24.6 Å². The third-order valence-corrected chi connectivity index (χ3v) is 2.51. The molecule has 1 N–H and O–H groups in total. The summed E-state index contributed by atoms with van der Waals surface area (Å²) in [6.07, 6.45) is 1.05. The summed E-state index contributed by atoms with van der Waals surface area (Å²) in [4.78, 5) is 24.8. The highest BCUT2D eigenvalue weighted by Crippen LogP contribution is 2.26. The maximum atomic E-state index is 11.1. The summed E-state index contributed by atoms with van der Waals surface area (Å²) < 4.78 is 5.37. The Balaban J connectivity index is 2.31. The van der Waals surface area contributed by atoms with Crippen LogP contribution in [-0.4, -0.2) is 21.0 Å². The van der Waals surface area contributed by atoms with E-state index in [4.69, 9.17) is 9.84 Å². The van der Waals surface area contributed by atoms with Crippen molar-refractivity contribution in [2.45, 2.75) is 6.92 Å². The van der Waals surface area contributed by atoms with Crippen LogP contribution in [-0.2, 0) is 0 Å². The molecule has 0 fully saturated rings. The van der Waals surface area contributed by atoms with Crippen LogP contribution in [0.5, 0.6) is 11.6 Å². The van der Waals surface area contributed by atoms with Crippen LogP contribution in [0.4, 0.5) is 5.69 Å². The van der Waals surface area contributed by atoms with Gasteiger partial charge in [0, 0.05) is 12.1 Å². The average Bonchev–Trinajstić information content (AvgIpc) is 2.39. The van der Waals surface area contributed by atoms with Gasteiger partial charge in [-0.2, -0.15) is 0 Å². The molecule has 2 aromatic rings. The summed E-state index contributed by atoms with van der Waals surface area (Å²) in [5, 5.41) is 19.6. The molecule has 0 amide bonds. The van der Waals surface area contributed by atoms with E-state index < -0.39 is 10.9 Å². The van der Waals surface area contributed by atoms with E-state index in [9.17, 15) is 14.9 Å². The molecular formula is C13H10N2O5. The van der Waals surface area contributed by atoms with Crippen molar-refractivity contribution < 1.29 is 19.6 Å². The minimum atomic E-state index is -1.12. The number of benzene rings is 1. The van der Waals surface area contributed by atoms with Crippen LogP contribution in [0.3, 0.4) is 0 Å². The van der Waals surface area contributed by atoms with Gasteiger partial charge in [-0.15, -0.1) is 0 Å². The first kappa shape index (κ1) is 13.5. The van der Waals surface area contributed by atoms with Gasteiger partial charge in [0.1, 0.15) is 17.5 Å². The molecule has 0 radical (unpaired) electrons. The number of hydrogen-bond acceptors (Lipinski definition) is 5. The second-order valence-corrected chi connectivity index (χ2v) is 4.02. The van der Waals surface area contributed by atoms with Gasteiger partial charge in [0.05, 0.1) is 4.92 Å². The van der Waals surface area contributed by atoms with E-state index in [0.29, 0.717) is 0 Å². The Morgan fingerprint density at radius 3 is 2.65 bits per heavy atom. The number of rotatable bonds is 4. The van der Waals surface area contributed by atoms with Gasteiger partial charge < -0.3 is 9.84 Å². The fraction of sp³-hybridized carbons (Fsp3) is 0.0769. The van der Waals surface area contributed by atoms with E-state index in [2.05, 4.69) is 4.98 Å². The predicted octanol–water partition coefficient (Wildman–Crippen LogP) is 2.79. The monoisotopic (exact) mass is 274 g/mol. The molecule has 7 nitrogen and oxygen atoms in total. The molecular weight excluding hydrogens is 264 g/mol. The lowest BCUT2D eigenvalue weighted by molar-refractivity contribution is -0.385. The molecule has 0 aliphatic rings. The number of pyridine rings is 1. The van der Waals surface area contributed by atoms with E-state index in [1.54, 1.807) is 19.1 Å². The predicted molar refractivity (Wildman–Crippen MR) is 69.1 cm³/mol. The Morgan fingerprint density at radius 1 is 1.35 bits per heavy atom. The molecule has 0 saturated carbocycles. The van der Waals surface area contributed by atoms with Gasteiger partial charge in [0.25, 0.3) is 5.69 Å². The second kappa shape index (κ2) is 5.35. The van der Waals surface area contributed by atoms with Gasteiger partial charge in [0.15, 0.2) is 0 Å². The van der Waals surface area contributed by atoms with Gasteiger partial charge in [-0.3, -0.25) is 10.1 Å². The highest BCUT2D eigenvalue weighted by atomic mass is 16.6. The third-order valence-electron chi connectivity index (χ3n) is 2.51. The summed E-state index contributed by atoms with van der Waals surface area (Å²) in [6.45, 7) is 1.79. The van der Waals surface area contributed by atoms with Gasteiger partial charge in [-0.1, -0.05) is 6.07 Å². The van der Waals surface area contributed by atoms with Gasteiger partial charge in [-0.25, -0.2) is 9.78 Å². The summed E-state index contributed by atoms with van der Waals surface area (Å²) in [6, 6.07) is 7.19. The lowest BCUT2D eigenvalue weighted by Crippen LogP contribution is -2.01. The van der Waals surface area contributed by atoms with Crippen LogP contribution in [0.15, 0.2) is 36.5 Å². The fourth-order valence-electron chi connectivity index (χ4n) is 1.54. The Kier molecular flexibility index (Phi) is 3.60. The zero-order valence-corrected chi connectivity index (χ0v) is 10.4. The number of carboxylic acids is 1. The Bertz CT molecular complexity index is 667. The fourth-order valence-corrected chi connectivity index (χ4v) is 1.54. The van der Waals surface area contributed by atoms with Crippen LogP contribution >= 0.6 is 0 Å². The summed E-state index contributed by atoms with van der Waals surface area (Å²) in [7, 11) is 0. The van der Waals surface area contributed by atoms with Crippen molar-refractivity contribution in [3.8, 4) is 11.6 Å². The zero-order chi connectivity index (χ0) is 14.7. The van der Waals surface area contributed by atoms with Crippen LogP contribution in [0.25, 0.3) is 0 Å². The van der Waals surface area contributed by atoms with Crippen LogP contribution in [0.1, 0.15) is 15.9 Å². The maximum absolute atomic E-state index is 11.1. The van der Waals surface area contributed by atoms with Crippen LogP contribution in [0, 0.1) is 17.0 Å². The number of nitrogens with zero attached hydrogens (tertiary/aromatic N) is 2. The summed E-state index contributed by atoms with van der Waals surface area (Å²) in [5.74, 6) is -0.899. The van der Waals surface area contributed by atoms with Crippen molar-refractivity contribution >= 4 is 11.7 Å². The number of nitro groups is 1. The number of carboxylic acid groups (broad SMARTS) is 1. The number of aromatic carboxylic acids is 1. The van der Waals surface area contributed by atoms with Crippen molar-refractivity contribution in [3.05, 3.63) is 57.8 Å². The molecule has 0 saturated heterocycles. The zero-order valence-electron chi connectivity index (χ0n) is 10.4. The Hall–Kier alpha value is -2.96. The topological polar surface area (TPSA) is 103 Å². The number of hydrogen-bond donors (Lipinski definition) is 1. The van der Waals surface area contributed by atoms with Crippen LogP contribution in [0.2, 0.25) is 0 Å². The highest BCUT2D eigenvalue weighted by Gasteiger charge is 2.13. The van der Waals surface area contributed by atoms with Crippen molar-refractivity contribution in [1.82, 2.24) is 4.98 Å². The van der Waals surface area contributed by atoms with E-state index >= 15 is 0 Å². The van der Waals surface area contributed by atoms with E-state index in [1.165, 1.54) is 18.2 Å². The smallest absolute Gasteiger partial charge is 0.339 e. The number of carbonyl (C=O) groups is 1. The normalized spacial score (nSPS) is 10.1. The first-order chi connectivity index (χ1) is 9.47. The lowest BCUT2D eigenvalue weighted by atomic mass is 10.1. The molecule has 0 aliphatic carbocycles. The van der Waals surface area contributed by atoms with Gasteiger partial charge in [0.2, 0.25) is 5.88 Å². The maximum Gasteiger partial charge on any atom is 0.339 e. The molecule has 0 aliphatic heterocycles. The molecule has 0 bridgehead atoms. The average molecular weight is 274 g/mol. The van der Waals surface area contributed by atoms with E-state index in [1.807, 2.05) is 0 Å². The molecule has 0 atom stereocenters. The van der Waals surface area contributed by atoms with Crippen molar-refractivity contribution in [2.75, 3.05) is 0 Å². The minimum Gasteiger partial charge on any atom is -0.478 e. The molecule has 102 valence electrons. The SMILES string of the molecule is Cc1ccc(C(=O)O)c(Oc2ccc([N+](=O)[O-])cn2)c1. The molecule has 0 unspecified atom stereocenters. The molecule has 7 heteroatoms. The summed E-state index contributed by atoms with van der Waals surface area (Å²) in [5.41, 5.74) is 0.655. The molecule has 0 spiro atoms. The minimum absolute atomic E-state index is 0.00393. The molecule has 1 aromatic carbocycles. The lowest BCUT2D eigenvalue weighted by Gasteiger charge is -2.08. The molecule has 1 heterocycles. The third kappa shape index (κ3) is 2.89. The first-order valence-electron chi connectivity index (χ1n) is 5.59. The molecule has 20 heavy (non-hydrogen) atoms. The Morgan fingerprint density at radius 2 is 2.10 bits per heavy atom. The van der Waals surface area contributed by atoms with Crippen molar-refractivity contribution in [3.63, 3.8) is 0 Å². The quantitative estimate of drug-likeness (QED) is 0.679. The van der Waals surface area contributed by atoms with Crippen molar-refractivity contribution in [2.24, 2.45) is 0 Å². The first-order valence-corrected chi connectivity index (χ1v) is 5.59. The molecule has 2 rings (SSSR count). The van der Waals surface area contributed by atoms with Gasteiger partial charge >= 0.3 is 5.97 Å². The number of aryl methyl sites for hydroxylation is 1. The Labute approximate surface area is 113 Å². The van der Waals surface area contributed by atoms with Crippen molar-refractivity contribution in [1.29, 1.82) is 0 Å². The van der Waals surface area contributed by atoms with E-state index in [-0.39, 0.29) is 22.9 Å². The largest absolute Gasteiger partial charge is 0.478 e. The van der Waals surface area contributed by atoms with E-state index in [0.717, 1.165) is 11.8 Å². The van der Waals surface area contributed by atoms with Crippen LogP contribution < -0.4 is 4.74 Å². The summed E-state index contributed by atoms with van der Waals surface area (Å²) >= 11 is 0. The highest BCUT2D eigenvalue weighted by molar-refractivity contribution is 5.91.